The summed E-state index contributed by atoms with van der Waals surface area (Å²) in [6, 6.07) is 3.93. The molecule has 24 heavy (non-hydrogen) atoms. The second-order valence-electron chi connectivity index (χ2n) is 6.67. The van der Waals surface area contributed by atoms with Crippen molar-refractivity contribution < 1.29 is 23.7 Å². The molecule has 5 heteroatoms. The van der Waals surface area contributed by atoms with Crippen molar-refractivity contribution in [3.8, 4) is 11.5 Å². The molecule has 0 aliphatic carbocycles. The summed E-state index contributed by atoms with van der Waals surface area (Å²) in [7, 11) is 4.99. The van der Waals surface area contributed by atoms with E-state index in [9.17, 15) is 0 Å². The maximum atomic E-state index is 6.19. The molecule has 0 bridgehead atoms. The molecule has 134 valence electrons. The highest BCUT2D eigenvalue weighted by Crippen LogP contribution is 2.41. The second-order valence-corrected chi connectivity index (χ2v) is 6.67. The molecule has 0 N–H and O–H groups in total. The topological polar surface area (TPSA) is 46.2 Å². The average molecular weight is 336 g/mol. The van der Waals surface area contributed by atoms with Crippen LogP contribution < -0.4 is 9.47 Å². The van der Waals surface area contributed by atoms with Crippen LogP contribution in [0.15, 0.2) is 12.1 Å². The van der Waals surface area contributed by atoms with Gasteiger partial charge in [-0.1, -0.05) is 0 Å². The van der Waals surface area contributed by atoms with Gasteiger partial charge in [0, 0.05) is 19.6 Å². The largest absolute Gasteiger partial charge is 0.497 e. The van der Waals surface area contributed by atoms with Crippen molar-refractivity contribution >= 4 is 0 Å². The Morgan fingerprint density at radius 1 is 1.04 bits per heavy atom. The molecule has 5 nitrogen and oxygen atoms in total. The average Bonchev–Trinajstić information content (AvgIpc) is 2.59. The van der Waals surface area contributed by atoms with Crippen molar-refractivity contribution in [1.82, 2.24) is 0 Å². The lowest BCUT2D eigenvalue weighted by Crippen LogP contribution is -2.34. The molecular weight excluding hydrogens is 308 g/mol. The predicted molar refractivity (Wildman–Crippen MR) is 90.7 cm³/mol. The van der Waals surface area contributed by atoms with Crippen LogP contribution in [-0.2, 0) is 20.6 Å². The van der Waals surface area contributed by atoms with Gasteiger partial charge >= 0.3 is 0 Å². The van der Waals surface area contributed by atoms with E-state index in [1.807, 2.05) is 6.07 Å². The van der Waals surface area contributed by atoms with Gasteiger partial charge in [0.2, 0.25) is 0 Å². The van der Waals surface area contributed by atoms with Crippen LogP contribution in [-0.4, -0.2) is 39.6 Å². The summed E-state index contributed by atoms with van der Waals surface area (Å²) >= 11 is 0. The molecule has 0 unspecified atom stereocenters. The first-order valence-electron chi connectivity index (χ1n) is 8.73. The molecular formula is C19H28O5. The molecule has 1 saturated heterocycles. The Morgan fingerprint density at radius 2 is 1.88 bits per heavy atom. The maximum Gasteiger partial charge on any atom is 0.187 e. The quantitative estimate of drug-likeness (QED) is 0.821. The summed E-state index contributed by atoms with van der Waals surface area (Å²) in [6.45, 7) is 2.15. The van der Waals surface area contributed by atoms with Crippen LogP contribution in [0.3, 0.4) is 0 Å². The molecule has 0 radical (unpaired) electrons. The van der Waals surface area contributed by atoms with Crippen LogP contribution in [0.25, 0.3) is 0 Å². The summed E-state index contributed by atoms with van der Waals surface area (Å²) in [4.78, 5) is 0. The molecule has 1 aromatic rings. The first-order chi connectivity index (χ1) is 11.6. The maximum absolute atomic E-state index is 6.19. The van der Waals surface area contributed by atoms with Crippen LogP contribution >= 0.6 is 0 Å². The standard InChI is InChI=1S/C19H28O5/c1-12-6-5-7-14(23-12)10-16-9-13-8-15(20-2)11-17(21-3)18(13)19(22-4)24-16/h8,11-12,14,16,19H,5-7,9-10H2,1-4H3/t12-,14-,16+,19+/m1/s1. The Hall–Kier alpha value is -1.30. The minimum Gasteiger partial charge on any atom is -0.497 e. The molecule has 0 spiro atoms. The van der Waals surface area contributed by atoms with Crippen LogP contribution in [0.4, 0.5) is 0 Å². The lowest BCUT2D eigenvalue weighted by molar-refractivity contribution is -0.181. The zero-order valence-electron chi connectivity index (χ0n) is 15.0. The van der Waals surface area contributed by atoms with Gasteiger partial charge in [-0.3, -0.25) is 0 Å². The Labute approximate surface area is 144 Å². The lowest BCUT2D eigenvalue weighted by atomic mass is 9.92. The Morgan fingerprint density at radius 3 is 2.54 bits per heavy atom. The third-order valence-corrected chi connectivity index (χ3v) is 4.96. The number of benzene rings is 1. The Bertz CT molecular complexity index is 559. The summed E-state index contributed by atoms with van der Waals surface area (Å²) in [5.41, 5.74) is 2.13. The molecule has 1 aromatic carbocycles. The minimum atomic E-state index is -0.416. The van der Waals surface area contributed by atoms with E-state index >= 15 is 0 Å². The summed E-state index contributed by atoms with van der Waals surface area (Å²) in [5.74, 6) is 1.54. The molecule has 2 heterocycles. The van der Waals surface area contributed by atoms with Gasteiger partial charge in [0.25, 0.3) is 0 Å². The fourth-order valence-electron chi connectivity index (χ4n) is 3.79. The molecule has 0 saturated carbocycles. The van der Waals surface area contributed by atoms with Gasteiger partial charge in [-0.25, -0.2) is 0 Å². The molecule has 3 rings (SSSR count). The predicted octanol–water partition coefficient (Wildman–Crippen LogP) is 3.64. The van der Waals surface area contributed by atoms with E-state index in [2.05, 4.69) is 13.0 Å². The van der Waals surface area contributed by atoms with E-state index in [1.54, 1.807) is 21.3 Å². The monoisotopic (exact) mass is 336 g/mol. The van der Waals surface area contributed by atoms with E-state index in [4.69, 9.17) is 23.7 Å². The molecule has 2 aliphatic heterocycles. The first kappa shape index (κ1) is 17.5. The highest BCUT2D eigenvalue weighted by Gasteiger charge is 2.33. The highest BCUT2D eigenvalue weighted by molar-refractivity contribution is 5.48. The number of rotatable bonds is 5. The van der Waals surface area contributed by atoms with E-state index in [0.717, 1.165) is 48.3 Å². The van der Waals surface area contributed by atoms with Crippen LogP contribution in [0.2, 0.25) is 0 Å². The zero-order valence-corrected chi connectivity index (χ0v) is 15.0. The van der Waals surface area contributed by atoms with Crippen molar-refractivity contribution in [1.29, 1.82) is 0 Å². The smallest absolute Gasteiger partial charge is 0.187 e. The molecule has 2 aliphatic rings. The van der Waals surface area contributed by atoms with Crippen molar-refractivity contribution in [3.05, 3.63) is 23.3 Å². The van der Waals surface area contributed by atoms with Gasteiger partial charge in [0.05, 0.1) is 38.1 Å². The van der Waals surface area contributed by atoms with Crippen LogP contribution in [0, 0.1) is 0 Å². The number of hydrogen-bond donors (Lipinski definition) is 0. The number of hydrogen-bond acceptors (Lipinski definition) is 5. The van der Waals surface area contributed by atoms with Crippen LogP contribution in [0.5, 0.6) is 11.5 Å². The Kier molecular flexibility index (Phi) is 5.64. The highest BCUT2D eigenvalue weighted by atomic mass is 16.7. The van der Waals surface area contributed by atoms with Crippen LogP contribution in [0.1, 0.15) is 50.0 Å². The molecule has 4 atom stereocenters. The van der Waals surface area contributed by atoms with E-state index in [0.29, 0.717) is 6.10 Å². The van der Waals surface area contributed by atoms with E-state index in [1.165, 1.54) is 6.42 Å². The van der Waals surface area contributed by atoms with Gasteiger partial charge in [-0.15, -0.1) is 0 Å². The van der Waals surface area contributed by atoms with Crippen molar-refractivity contribution in [2.24, 2.45) is 0 Å². The van der Waals surface area contributed by atoms with E-state index < -0.39 is 6.29 Å². The van der Waals surface area contributed by atoms with Gasteiger partial charge in [0.15, 0.2) is 6.29 Å². The van der Waals surface area contributed by atoms with Crippen molar-refractivity contribution in [2.75, 3.05) is 21.3 Å². The van der Waals surface area contributed by atoms with Gasteiger partial charge in [-0.2, -0.15) is 0 Å². The molecule has 0 amide bonds. The zero-order chi connectivity index (χ0) is 17.1. The summed E-state index contributed by atoms with van der Waals surface area (Å²) in [5, 5.41) is 0. The second kappa shape index (κ2) is 7.72. The lowest BCUT2D eigenvalue weighted by Gasteiger charge is -2.36. The van der Waals surface area contributed by atoms with Gasteiger partial charge in [0.1, 0.15) is 11.5 Å². The number of fused-ring (bicyclic) bond motifs is 1. The normalized spacial score (nSPS) is 29.8. The minimum absolute atomic E-state index is 0.0783. The first-order valence-corrected chi connectivity index (χ1v) is 8.73. The molecule has 1 fully saturated rings. The fraction of sp³-hybridized carbons (Fsp3) is 0.684. The third kappa shape index (κ3) is 3.68. The molecule has 0 aromatic heterocycles. The van der Waals surface area contributed by atoms with Gasteiger partial charge < -0.3 is 23.7 Å². The number of methoxy groups -OCH3 is 3. The van der Waals surface area contributed by atoms with Crippen molar-refractivity contribution in [3.63, 3.8) is 0 Å². The van der Waals surface area contributed by atoms with Gasteiger partial charge in [-0.05, 0) is 44.2 Å². The SMILES string of the molecule is COc1cc2c(c(OC)c1)[C@@H](OC)O[C@H](C[C@H]1CCC[C@@H](C)O1)C2. The summed E-state index contributed by atoms with van der Waals surface area (Å²) < 4.78 is 28.8. The third-order valence-electron chi connectivity index (χ3n) is 4.96. The van der Waals surface area contributed by atoms with E-state index in [-0.39, 0.29) is 12.2 Å². The number of ether oxygens (including phenoxy) is 5. The summed E-state index contributed by atoms with van der Waals surface area (Å²) in [6.07, 6.45) is 5.47. The Balaban J connectivity index is 1.80. The van der Waals surface area contributed by atoms with Crippen molar-refractivity contribution in [2.45, 2.75) is 63.6 Å². The fourth-order valence-corrected chi connectivity index (χ4v) is 3.79.